The summed E-state index contributed by atoms with van der Waals surface area (Å²) < 4.78 is 0. The Morgan fingerprint density at radius 3 is 2.63 bits per heavy atom. The van der Waals surface area contributed by atoms with Crippen molar-refractivity contribution in [2.24, 2.45) is 5.73 Å². The van der Waals surface area contributed by atoms with E-state index in [0.717, 1.165) is 21.9 Å². The van der Waals surface area contributed by atoms with Crippen LogP contribution in [-0.4, -0.2) is 10.9 Å². The molecule has 1 heterocycles. The van der Waals surface area contributed by atoms with Gasteiger partial charge >= 0.3 is 0 Å². The van der Waals surface area contributed by atoms with Crippen molar-refractivity contribution in [3.8, 4) is 11.1 Å². The van der Waals surface area contributed by atoms with Crippen molar-refractivity contribution < 1.29 is 4.79 Å². The van der Waals surface area contributed by atoms with Crippen LogP contribution in [0.5, 0.6) is 0 Å². The Balaban J connectivity index is 2.24. The highest BCUT2D eigenvalue weighted by atomic mass is 16.1. The van der Waals surface area contributed by atoms with Gasteiger partial charge in [0, 0.05) is 18.0 Å². The van der Waals surface area contributed by atoms with E-state index < -0.39 is 5.91 Å². The van der Waals surface area contributed by atoms with Crippen molar-refractivity contribution in [3.05, 3.63) is 66.5 Å². The first kappa shape index (κ1) is 11.4. The van der Waals surface area contributed by atoms with Crippen LogP contribution in [0.15, 0.2) is 60.9 Å². The van der Waals surface area contributed by atoms with Gasteiger partial charge < -0.3 is 5.73 Å². The van der Waals surface area contributed by atoms with Crippen molar-refractivity contribution in [2.75, 3.05) is 0 Å². The van der Waals surface area contributed by atoms with Crippen LogP contribution in [0.25, 0.3) is 21.9 Å². The monoisotopic (exact) mass is 248 g/mol. The molecule has 0 saturated carbocycles. The maximum Gasteiger partial charge on any atom is 0.250 e. The number of fused-ring (bicyclic) bond motifs is 1. The fourth-order valence-electron chi connectivity index (χ4n) is 2.20. The molecule has 1 amide bonds. The molecule has 2 N–H and O–H groups in total. The predicted molar refractivity (Wildman–Crippen MR) is 75.7 cm³/mol. The number of hydrogen-bond donors (Lipinski definition) is 1. The standard InChI is InChI=1S/C16H12N2O/c17-16(19)13-8-12(9-18-10-13)15-7-3-5-11-4-1-2-6-14(11)15/h1-10H,(H2,17,19). The molecule has 0 aliphatic heterocycles. The van der Waals surface area contributed by atoms with Gasteiger partial charge in [-0.2, -0.15) is 0 Å². The summed E-state index contributed by atoms with van der Waals surface area (Å²) in [6, 6.07) is 16.0. The summed E-state index contributed by atoms with van der Waals surface area (Å²) in [4.78, 5) is 15.3. The minimum Gasteiger partial charge on any atom is -0.366 e. The van der Waals surface area contributed by atoms with Gasteiger partial charge in [-0.25, -0.2) is 0 Å². The van der Waals surface area contributed by atoms with E-state index in [1.54, 1.807) is 12.3 Å². The van der Waals surface area contributed by atoms with E-state index in [4.69, 9.17) is 5.73 Å². The van der Waals surface area contributed by atoms with Gasteiger partial charge in [0.1, 0.15) is 0 Å². The molecule has 0 unspecified atom stereocenters. The van der Waals surface area contributed by atoms with Crippen molar-refractivity contribution in [1.29, 1.82) is 0 Å². The molecule has 0 bridgehead atoms. The van der Waals surface area contributed by atoms with Gasteiger partial charge in [-0.05, 0) is 22.4 Å². The maximum absolute atomic E-state index is 11.2. The third-order valence-corrected chi connectivity index (χ3v) is 3.12. The van der Waals surface area contributed by atoms with E-state index in [2.05, 4.69) is 23.2 Å². The number of carbonyl (C=O) groups is 1. The van der Waals surface area contributed by atoms with Crippen LogP contribution in [0.1, 0.15) is 10.4 Å². The minimum absolute atomic E-state index is 0.422. The fraction of sp³-hybridized carbons (Fsp3) is 0. The van der Waals surface area contributed by atoms with E-state index in [-0.39, 0.29) is 0 Å². The lowest BCUT2D eigenvalue weighted by Crippen LogP contribution is -2.11. The molecule has 92 valence electrons. The largest absolute Gasteiger partial charge is 0.366 e. The predicted octanol–water partition coefficient (Wildman–Crippen LogP) is 3.00. The highest BCUT2D eigenvalue weighted by Crippen LogP contribution is 2.28. The first-order valence-electron chi connectivity index (χ1n) is 5.99. The topological polar surface area (TPSA) is 56.0 Å². The second kappa shape index (κ2) is 4.53. The van der Waals surface area contributed by atoms with E-state index in [1.807, 2.05) is 24.3 Å². The van der Waals surface area contributed by atoms with Gasteiger partial charge in [-0.15, -0.1) is 0 Å². The summed E-state index contributed by atoms with van der Waals surface area (Å²) >= 11 is 0. The normalized spacial score (nSPS) is 10.5. The zero-order valence-corrected chi connectivity index (χ0v) is 10.2. The number of rotatable bonds is 2. The van der Waals surface area contributed by atoms with E-state index >= 15 is 0 Å². The van der Waals surface area contributed by atoms with Gasteiger partial charge in [0.25, 0.3) is 0 Å². The number of hydrogen-bond acceptors (Lipinski definition) is 2. The van der Waals surface area contributed by atoms with Crippen LogP contribution in [0.4, 0.5) is 0 Å². The average molecular weight is 248 g/mol. The molecule has 3 aromatic rings. The van der Waals surface area contributed by atoms with Crippen molar-refractivity contribution in [2.45, 2.75) is 0 Å². The summed E-state index contributed by atoms with van der Waals surface area (Å²) in [6.45, 7) is 0. The van der Waals surface area contributed by atoms with Gasteiger partial charge in [-0.1, -0.05) is 42.5 Å². The van der Waals surface area contributed by atoms with Crippen LogP contribution >= 0.6 is 0 Å². The molecule has 19 heavy (non-hydrogen) atoms. The van der Waals surface area contributed by atoms with Crippen LogP contribution in [-0.2, 0) is 0 Å². The molecule has 0 fully saturated rings. The number of amides is 1. The van der Waals surface area contributed by atoms with Gasteiger partial charge in [-0.3, -0.25) is 9.78 Å². The average Bonchev–Trinajstić information content (AvgIpc) is 2.47. The zero-order valence-electron chi connectivity index (χ0n) is 10.2. The third-order valence-electron chi connectivity index (χ3n) is 3.12. The molecular weight excluding hydrogens is 236 g/mol. The second-order valence-electron chi connectivity index (χ2n) is 4.35. The van der Waals surface area contributed by atoms with Gasteiger partial charge in [0.15, 0.2) is 0 Å². The highest BCUT2D eigenvalue weighted by Gasteiger charge is 2.06. The minimum atomic E-state index is -0.463. The van der Waals surface area contributed by atoms with E-state index in [1.165, 1.54) is 6.20 Å². The summed E-state index contributed by atoms with van der Waals surface area (Å²) in [5, 5.41) is 2.29. The van der Waals surface area contributed by atoms with Crippen molar-refractivity contribution >= 4 is 16.7 Å². The highest BCUT2D eigenvalue weighted by molar-refractivity contribution is 5.98. The Kier molecular flexibility index (Phi) is 2.72. The molecule has 0 atom stereocenters. The number of carbonyl (C=O) groups excluding carboxylic acids is 1. The van der Waals surface area contributed by atoms with Crippen LogP contribution < -0.4 is 5.73 Å². The number of benzene rings is 2. The second-order valence-corrected chi connectivity index (χ2v) is 4.35. The number of primary amides is 1. The molecule has 0 spiro atoms. The van der Waals surface area contributed by atoms with E-state index in [9.17, 15) is 4.79 Å². The summed E-state index contributed by atoms with van der Waals surface area (Å²) in [6.07, 6.45) is 3.23. The van der Waals surface area contributed by atoms with Crippen LogP contribution in [0, 0.1) is 0 Å². The van der Waals surface area contributed by atoms with Crippen molar-refractivity contribution in [3.63, 3.8) is 0 Å². The van der Waals surface area contributed by atoms with Crippen molar-refractivity contribution in [1.82, 2.24) is 4.98 Å². The molecule has 3 heteroatoms. The first-order chi connectivity index (χ1) is 9.25. The molecule has 0 saturated heterocycles. The lowest BCUT2D eigenvalue weighted by atomic mass is 9.99. The molecule has 3 nitrogen and oxygen atoms in total. The Hall–Kier alpha value is -2.68. The van der Waals surface area contributed by atoms with Gasteiger partial charge in [0.2, 0.25) is 5.91 Å². The Morgan fingerprint density at radius 2 is 1.79 bits per heavy atom. The SMILES string of the molecule is NC(=O)c1cncc(-c2cccc3ccccc23)c1. The number of nitrogens with two attached hydrogens (primary N) is 1. The first-order valence-corrected chi connectivity index (χ1v) is 5.99. The Bertz CT molecular complexity index is 760. The molecular formula is C16H12N2O. The summed E-state index contributed by atoms with van der Waals surface area (Å²) in [7, 11) is 0. The number of aromatic nitrogens is 1. The third kappa shape index (κ3) is 2.06. The van der Waals surface area contributed by atoms with Crippen LogP contribution in [0.2, 0.25) is 0 Å². The lowest BCUT2D eigenvalue weighted by Gasteiger charge is -2.07. The fourth-order valence-corrected chi connectivity index (χ4v) is 2.20. The summed E-state index contributed by atoms with van der Waals surface area (Å²) in [5.41, 5.74) is 7.66. The smallest absolute Gasteiger partial charge is 0.250 e. The molecule has 0 aliphatic carbocycles. The quantitative estimate of drug-likeness (QED) is 0.758. The Morgan fingerprint density at radius 1 is 1.00 bits per heavy atom. The molecule has 0 radical (unpaired) electrons. The Labute approximate surface area is 110 Å². The molecule has 1 aromatic heterocycles. The van der Waals surface area contributed by atoms with Gasteiger partial charge in [0.05, 0.1) is 5.56 Å². The molecule has 3 rings (SSSR count). The summed E-state index contributed by atoms with van der Waals surface area (Å²) in [5.74, 6) is -0.463. The molecule has 0 aliphatic rings. The van der Waals surface area contributed by atoms with Crippen LogP contribution in [0.3, 0.4) is 0 Å². The molecule has 2 aromatic carbocycles. The zero-order chi connectivity index (χ0) is 13.2. The maximum atomic E-state index is 11.2. The number of pyridine rings is 1. The van der Waals surface area contributed by atoms with E-state index in [0.29, 0.717) is 5.56 Å². The lowest BCUT2D eigenvalue weighted by molar-refractivity contribution is 0.1000. The number of nitrogens with zero attached hydrogens (tertiary/aromatic N) is 1.